The molecule has 0 fully saturated rings. The summed E-state index contributed by atoms with van der Waals surface area (Å²) in [5.41, 5.74) is 0. The van der Waals surface area contributed by atoms with Crippen molar-refractivity contribution >= 4 is 11.9 Å². The fourth-order valence-corrected chi connectivity index (χ4v) is 1.54. The van der Waals surface area contributed by atoms with Gasteiger partial charge in [-0.05, 0) is 0 Å². The molecule has 2 unspecified atom stereocenters. The van der Waals surface area contributed by atoms with Crippen LogP contribution in [-0.2, 0) is 9.59 Å². The first kappa shape index (κ1) is 16.8. The second-order valence-electron chi connectivity index (χ2n) is 3.55. The van der Waals surface area contributed by atoms with Crippen LogP contribution in [0.5, 0.6) is 0 Å². The van der Waals surface area contributed by atoms with Crippen molar-refractivity contribution in [3.8, 4) is 12.1 Å². The average molecular weight is 271 g/mol. The van der Waals surface area contributed by atoms with Gasteiger partial charge in [0.15, 0.2) is 0 Å². The Hall–Kier alpha value is -2.20. The van der Waals surface area contributed by atoms with Gasteiger partial charge in [0.1, 0.15) is 18.1 Å². The third-order valence-corrected chi connectivity index (χ3v) is 2.38. The van der Waals surface area contributed by atoms with Gasteiger partial charge in [-0.25, -0.2) is 0 Å². The molecular formula is C10H13N3O6. The van der Waals surface area contributed by atoms with Gasteiger partial charge in [-0.2, -0.15) is 10.5 Å². The van der Waals surface area contributed by atoms with Gasteiger partial charge < -0.3 is 20.4 Å². The van der Waals surface area contributed by atoms with E-state index in [2.05, 4.69) is 0 Å². The molecule has 104 valence electrons. The molecule has 0 saturated carbocycles. The first-order valence-corrected chi connectivity index (χ1v) is 5.15. The monoisotopic (exact) mass is 271 g/mol. The lowest BCUT2D eigenvalue weighted by Gasteiger charge is -2.33. The Kier molecular flexibility index (Phi) is 7.07. The minimum atomic E-state index is -1.70. The van der Waals surface area contributed by atoms with Crippen LogP contribution in [0, 0.1) is 22.7 Å². The Morgan fingerprint density at radius 3 is 1.68 bits per heavy atom. The molecule has 0 rings (SSSR count). The molecule has 9 heteroatoms. The number of hydrogen-bond donors (Lipinski definition) is 4. The highest BCUT2D eigenvalue weighted by Crippen LogP contribution is 2.14. The van der Waals surface area contributed by atoms with E-state index in [4.69, 9.17) is 30.9 Å². The van der Waals surface area contributed by atoms with Gasteiger partial charge in [-0.1, -0.05) is 0 Å². The predicted molar refractivity (Wildman–Crippen MR) is 58.5 cm³/mol. The van der Waals surface area contributed by atoms with Gasteiger partial charge in [0.2, 0.25) is 0 Å². The number of aliphatic hydroxyl groups is 2. The van der Waals surface area contributed by atoms with Crippen LogP contribution in [0.4, 0.5) is 0 Å². The van der Waals surface area contributed by atoms with E-state index in [1.54, 1.807) is 12.1 Å². The van der Waals surface area contributed by atoms with Crippen LogP contribution in [0.3, 0.4) is 0 Å². The van der Waals surface area contributed by atoms with E-state index < -0.39 is 49.7 Å². The molecule has 0 bridgehead atoms. The summed E-state index contributed by atoms with van der Waals surface area (Å²) in [5, 5.41) is 53.3. The summed E-state index contributed by atoms with van der Waals surface area (Å²) in [4.78, 5) is 22.4. The van der Waals surface area contributed by atoms with Gasteiger partial charge in [-0.15, -0.1) is 0 Å². The lowest BCUT2D eigenvalue weighted by molar-refractivity contribution is -0.151. The van der Waals surface area contributed by atoms with Gasteiger partial charge in [0.05, 0.1) is 31.8 Å². The third-order valence-electron chi connectivity index (χ3n) is 2.38. The molecular weight excluding hydrogens is 258 g/mol. The summed E-state index contributed by atoms with van der Waals surface area (Å²) in [6.07, 6.45) is -0.869. The molecule has 0 saturated heterocycles. The number of hydrogen-bond acceptors (Lipinski definition) is 7. The van der Waals surface area contributed by atoms with E-state index in [-0.39, 0.29) is 0 Å². The van der Waals surface area contributed by atoms with Crippen LogP contribution in [0.25, 0.3) is 0 Å². The van der Waals surface area contributed by atoms with Crippen LogP contribution < -0.4 is 0 Å². The molecule has 3 atom stereocenters. The van der Waals surface area contributed by atoms with Crippen molar-refractivity contribution in [2.75, 3.05) is 13.2 Å². The number of nitriles is 2. The molecule has 0 heterocycles. The Balaban J connectivity index is 5.52. The van der Waals surface area contributed by atoms with Crippen molar-refractivity contribution in [3.05, 3.63) is 0 Å². The maximum absolute atomic E-state index is 11.1. The summed E-state index contributed by atoms with van der Waals surface area (Å²) < 4.78 is 0. The van der Waals surface area contributed by atoms with E-state index in [0.717, 1.165) is 0 Å². The van der Waals surface area contributed by atoms with Crippen LogP contribution >= 0.6 is 0 Å². The molecule has 0 radical (unpaired) electrons. The number of carboxylic acid groups (broad SMARTS) is 2. The van der Waals surface area contributed by atoms with Crippen molar-refractivity contribution in [2.24, 2.45) is 0 Å². The normalized spacial score (nSPS) is 15.0. The lowest BCUT2D eigenvalue weighted by atomic mass is 10.1. The van der Waals surface area contributed by atoms with Crippen LogP contribution in [0.15, 0.2) is 0 Å². The molecule has 0 amide bonds. The molecule has 0 aliphatic heterocycles. The van der Waals surface area contributed by atoms with Gasteiger partial charge in [0, 0.05) is 0 Å². The smallest absolute Gasteiger partial charge is 0.321 e. The zero-order chi connectivity index (χ0) is 15.0. The highest BCUT2D eigenvalue weighted by atomic mass is 16.4. The second-order valence-corrected chi connectivity index (χ2v) is 3.55. The zero-order valence-electron chi connectivity index (χ0n) is 9.80. The minimum Gasteiger partial charge on any atom is -0.481 e. The largest absolute Gasteiger partial charge is 0.481 e. The Morgan fingerprint density at radius 2 is 1.47 bits per heavy atom. The van der Waals surface area contributed by atoms with E-state index in [1.165, 1.54) is 0 Å². The highest BCUT2D eigenvalue weighted by molar-refractivity contribution is 5.80. The summed E-state index contributed by atoms with van der Waals surface area (Å²) in [6.45, 7) is -1.59. The van der Waals surface area contributed by atoms with Crippen molar-refractivity contribution in [3.63, 3.8) is 0 Å². The fourth-order valence-electron chi connectivity index (χ4n) is 1.54. The standard InChI is InChI=1S/C10H13N3O6/c11-2-6(4-14)13(7(3-12)5-15)8(10(18)19)1-9(16)17/h6-8,14-15H,1,4-5H2,(H,16,17)(H,18,19)/t6?,7?,8-/m0/s1. The number of aliphatic carboxylic acids is 2. The number of aliphatic hydroxyl groups excluding tert-OH is 2. The van der Waals surface area contributed by atoms with Crippen molar-refractivity contribution in [1.82, 2.24) is 4.90 Å². The van der Waals surface area contributed by atoms with E-state index in [0.29, 0.717) is 4.90 Å². The summed E-state index contributed by atoms with van der Waals surface area (Å²) in [6, 6.07) is -1.38. The molecule has 4 N–H and O–H groups in total. The third kappa shape index (κ3) is 4.52. The minimum absolute atomic E-state index is 0.691. The van der Waals surface area contributed by atoms with Crippen molar-refractivity contribution in [1.29, 1.82) is 10.5 Å². The molecule has 0 aromatic carbocycles. The first-order valence-electron chi connectivity index (χ1n) is 5.15. The summed E-state index contributed by atoms with van der Waals surface area (Å²) in [7, 11) is 0. The molecule has 0 aliphatic rings. The Bertz CT molecular complexity index is 390. The maximum Gasteiger partial charge on any atom is 0.321 e. The van der Waals surface area contributed by atoms with Crippen LogP contribution in [0.2, 0.25) is 0 Å². The molecule has 19 heavy (non-hydrogen) atoms. The second kappa shape index (κ2) is 8.00. The zero-order valence-corrected chi connectivity index (χ0v) is 9.80. The molecule has 0 aliphatic carbocycles. The number of nitrogens with zero attached hydrogens (tertiary/aromatic N) is 3. The Morgan fingerprint density at radius 1 is 1.05 bits per heavy atom. The number of carboxylic acids is 2. The number of carbonyl (C=O) groups is 2. The molecule has 0 spiro atoms. The van der Waals surface area contributed by atoms with E-state index in [9.17, 15) is 9.59 Å². The maximum atomic E-state index is 11.1. The average Bonchev–Trinajstić information content (AvgIpc) is 2.36. The number of rotatable bonds is 8. The van der Waals surface area contributed by atoms with Gasteiger partial charge >= 0.3 is 11.9 Å². The predicted octanol–water partition coefficient (Wildman–Crippen LogP) is -2.01. The van der Waals surface area contributed by atoms with Crippen LogP contribution in [0.1, 0.15) is 6.42 Å². The van der Waals surface area contributed by atoms with E-state index >= 15 is 0 Å². The van der Waals surface area contributed by atoms with Crippen LogP contribution in [-0.4, -0.2) is 68.6 Å². The highest BCUT2D eigenvalue weighted by Gasteiger charge is 2.38. The van der Waals surface area contributed by atoms with Gasteiger partial charge in [0.25, 0.3) is 0 Å². The fraction of sp³-hybridized carbons (Fsp3) is 0.600. The molecule has 0 aromatic rings. The van der Waals surface area contributed by atoms with E-state index in [1.807, 2.05) is 0 Å². The van der Waals surface area contributed by atoms with Crippen molar-refractivity contribution < 1.29 is 30.0 Å². The molecule has 0 aromatic heterocycles. The molecule has 9 nitrogen and oxygen atoms in total. The topological polar surface area (TPSA) is 166 Å². The van der Waals surface area contributed by atoms with Gasteiger partial charge in [-0.3, -0.25) is 14.5 Å². The summed E-state index contributed by atoms with van der Waals surface area (Å²) in [5.74, 6) is -3.01. The Labute approximate surface area is 108 Å². The SMILES string of the molecule is N#CC(CO)N(C(C#N)CO)[C@@H](CC(=O)O)C(=O)O. The van der Waals surface area contributed by atoms with Crippen molar-refractivity contribution in [2.45, 2.75) is 24.5 Å². The first-order chi connectivity index (χ1) is 8.92. The lowest BCUT2D eigenvalue weighted by Crippen LogP contribution is -2.55. The quantitative estimate of drug-likeness (QED) is 0.389. The summed E-state index contributed by atoms with van der Waals surface area (Å²) >= 11 is 0.